The maximum atomic E-state index is 11.1. The standard InChI is InChI=1S/C7H8ClN3O.C7H7ClN2O2.C6H5ClN2O2/c1-4-3-5(6(12)9-2)11-7(8)10-4;1-4-3-5(6(11)12-2)10-7(8)9-4;1-3-2-4(5(10)11)9-6(7)8-3/h3H,1-2H3,(H,9,12);3H,1-2H3;2H,1H3,(H,10,11). The lowest BCUT2D eigenvalue weighted by Crippen LogP contribution is -2.19. The van der Waals surface area contributed by atoms with Gasteiger partial charge in [-0.15, -0.1) is 0 Å². The molecule has 0 atom stereocenters. The fourth-order valence-electron chi connectivity index (χ4n) is 2.16. The van der Waals surface area contributed by atoms with E-state index in [2.05, 4.69) is 40.0 Å². The van der Waals surface area contributed by atoms with Crippen molar-refractivity contribution in [3.8, 4) is 0 Å². The molecule has 0 aliphatic heterocycles. The number of methoxy groups -OCH3 is 1. The van der Waals surface area contributed by atoms with Crippen LogP contribution in [0.15, 0.2) is 18.2 Å². The average molecular weight is 545 g/mol. The van der Waals surface area contributed by atoms with Crippen molar-refractivity contribution < 1.29 is 24.2 Å². The second kappa shape index (κ2) is 14.0. The molecule has 0 saturated heterocycles. The van der Waals surface area contributed by atoms with Crippen molar-refractivity contribution in [1.29, 1.82) is 0 Å². The molecule has 3 rings (SSSR count). The smallest absolute Gasteiger partial charge is 0.356 e. The van der Waals surface area contributed by atoms with Crippen molar-refractivity contribution in [3.63, 3.8) is 0 Å². The van der Waals surface area contributed by atoms with E-state index in [-0.39, 0.29) is 38.8 Å². The molecule has 186 valence electrons. The molecule has 0 saturated carbocycles. The molecular weight excluding hydrogens is 525 g/mol. The molecule has 0 aliphatic rings. The van der Waals surface area contributed by atoms with Crippen LogP contribution in [0, 0.1) is 20.8 Å². The number of carboxylic acids is 1. The van der Waals surface area contributed by atoms with Gasteiger partial charge in [0.1, 0.15) is 5.69 Å². The minimum Gasteiger partial charge on any atom is -0.477 e. The first kappa shape index (κ1) is 29.6. The summed E-state index contributed by atoms with van der Waals surface area (Å²) >= 11 is 16.5. The third-order valence-electron chi connectivity index (χ3n) is 3.55. The van der Waals surface area contributed by atoms with Crippen LogP contribution in [-0.4, -0.2) is 67.0 Å². The van der Waals surface area contributed by atoms with Gasteiger partial charge in [0, 0.05) is 24.1 Å². The number of aryl methyl sites for hydroxylation is 3. The first-order valence-corrected chi connectivity index (χ1v) is 10.6. The van der Waals surface area contributed by atoms with E-state index in [1.54, 1.807) is 26.8 Å². The number of esters is 1. The Morgan fingerprint density at radius 1 is 0.743 bits per heavy atom. The van der Waals surface area contributed by atoms with Gasteiger partial charge in [-0.3, -0.25) is 4.79 Å². The fraction of sp³-hybridized carbons (Fsp3) is 0.250. The number of amides is 1. The van der Waals surface area contributed by atoms with Gasteiger partial charge in [-0.25, -0.2) is 39.5 Å². The molecule has 3 aromatic heterocycles. The summed E-state index contributed by atoms with van der Waals surface area (Å²) in [4.78, 5) is 54.6. The van der Waals surface area contributed by atoms with Gasteiger partial charge in [-0.2, -0.15) is 0 Å². The Kier molecular flexibility index (Phi) is 11.9. The van der Waals surface area contributed by atoms with Crippen LogP contribution >= 0.6 is 34.8 Å². The molecule has 3 heterocycles. The van der Waals surface area contributed by atoms with Crippen LogP contribution in [0.25, 0.3) is 0 Å². The summed E-state index contributed by atoms with van der Waals surface area (Å²) in [6, 6.07) is 4.44. The van der Waals surface area contributed by atoms with Crippen molar-refractivity contribution in [2.24, 2.45) is 0 Å². The molecule has 0 aliphatic carbocycles. The normalized spacial score (nSPS) is 9.60. The number of carboxylic acid groups (broad SMARTS) is 1. The van der Waals surface area contributed by atoms with Crippen LogP contribution in [0.2, 0.25) is 15.9 Å². The van der Waals surface area contributed by atoms with E-state index >= 15 is 0 Å². The quantitative estimate of drug-likeness (QED) is 0.366. The summed E-state index contributed by atoms with van der Waals surface area (Å²) in [5.74, 6) is -1.87. The highest BCUT2D eigenvalue weighted by molar-refractivity contribution is 6.29. The van der Waals surface area contributed by atoms with E-state index in [4.69, 9.17) is 39.9 Å². The number of nitrogens with one attached hydrogen (secondary N) is 1. The molecule has 12 nitrogen and oxygen atoms in total. The molecule has 15 heteroatoms. The van der Waals surface area contributed by atoms with E-state index in [9.17, 15) is 14.4 Å². The Labute approximate surface area is 215 Å². The summed E-state index contributed by atoms with van der Waals surface area (Å²) in [6.45, 7) is 5.12. The van der Waals surface area contributed by atoms with Crippen LogP contribution < -0.4 is 5.32 Å². The zero-order chi connectivity index (χ0) is 26.7. The minimum absolute atomic E-state index is 0.0394. The number of hydrogen-bond donors (Lipinski definition) is 2. The Morgan fingerprint density at radius 2 is 1.11 bits per heavy atom. The van der Waals surface area contributed by atoms with E-state index in [0.717, 1.165) is 0 Å². The van der Waals surface area contributed by atoms with Crippen LogP contribution in [0.5, 0.6) is 0 Å². The Morgan fingerprint density at radius 3 is 1.49 bits per heavy atom. The first-order valence-electron chi connectivity index (χ1n) is 9.43. The number of nitrogens with zero attached hydrogens (tertiary/aromatic N) is 6. The predicted octanol–water partition coefficient (Wildman–Crippen LogP) is 3.16. The lowest BCUT2D eigenvalue weighted by molar-refractivity contribution is 0.0592. The van der Waals surface area contributed by atoms with Crippen LogP contribution in [0.1, 0.15) is 48.5 Å². The van der Waals surface area contributed by atoms with Crippen LogP contribution in [0.4, 0.5) is 0 Å². The molecular formula is C20H20Cl3N7O5. The van der Waals surface area contributed by atoms with Gasteiger partial charge in [0.15, 0.2) is 11.4 Å². The number of carbonyl (C=O) groups excluding carboxylic acids is 2. The predicted molar refractivity (Wildman–Crippen MR) is 127 cm³/mol. The topological polar surface area (TPSA) is 170 Å². The third kappa shape index (κ3) is 10.5. The highest BCUT2D eigenvalue weighted by Gasteiger charge is 2.09. The SMILES string of the molecule is CNC(=O)c1cc(C)nc(Cl)n1.COC(=O)c1cc(C)nc(Cl)n1.Cc1cc(C(=O)O)nc(Cl)n1. The number of aromatic nitrogens is 6. The summed E-state index contributed by atoms with van der Waals surface area (Å²) in [7, 11) is 2.82. The maximum absolute atomic E-state index is 11.1. The molecule has 0 aromatic carbocycles. The number of hydrogen-bond acceptors (Lipinski definition) is 10. The zero-order valence-electron chi connectivity index (χ0n) is 19.1. The highest BCUT2D eigenvalue weighted by Crippen LogP contribution is 2.06. The Balaban J connectivity index is 0.000000263. The van der Waals surface area contributed by atoms with Gasteiger partial charge in [0.05, 0.1) is 7.11 Å². The van der Waals surface area contributed by atoms with Gasteiger partial charge in [0.2, 0.25) is 15.9 Å². The summed E-state index contributed by atoms with van der Waals surface area (Å²) in [6.07, 6.45) is 0. The minimum atomic E-state index is -1.10. The molecule has 0 radical (unpaired) electrons. The van der Waals surface area contributed by atoms with Crippen molar-refractivity contribution in [2.45, 2.75) is 20.8 Å². The lowest BCUT2D eigenvalue weighted by Gasteiger charge is -1.99. The van der Waals surface area contributed by atoms with E-state index in [1.807, 2.05) is 0 Å². The molecule has 1 amide bonds. The molecule has 35 heavy (non-hydrogen) atoms. The fourth-order valence-corrected chi connectivity index (χ4v) is 2.83. The number of rotatable bonds is 3. The van der Waals surface area contributed by atoms with Crippen molar-refractivity contribution in [2.75, 3.05) is 14.2 Å². The van der Waals surface area contributed by atoms with Crippen molar-refractivity contribution in [1.82, 2.24) is 35.2 Å². The number of halogens is 3. The zero-order valence-corrected chi connectivity index (χ0v) is 21.4. The van der Waals surface area contributed by atoms with E-state index in [0.29, 0.717) is 17.1 Å². The van der Waals surface area contributed by atoms with Gasteiger partial charge in [-0.1, -0.05) is 0 Å². The first-order chi connectivity index (χ1) is 16.4. The summed E-state index contributed by atoms with van der Waals surface area (Å²) < 4.78 is 4.46. The monoisotopic (exact) mass is 543 g/mol. The maximum Gasteiger partial charge on any atom is 0.356 e. The highest BCUT2D eigenvalue weighted by atomic mass is 35.5. The van der Waals surface area contributed by atoms with Crippen molar-refractivity contribution >= 4 is 52.6 Å². The molecule has 0 unspecified atom stereocenters. The summed E-state index contributed by atoms with van der Waals surface area (Å²) in [5.41, 5.74) is 2.24. The van der Waals surface area contributed by atoms with Crippen molar-refractivity contribution in [3.05, 3.63) is 68.2 Å². The number of aromatic carboxylic acids is 1. The van der Waals surface area contributed by atoms with E-state index < -0.39 is 11.9 Å². The largest absolute Gasteiger partial charge is 0.477 e. The molecule has 0 bridgehead atoms. The second-order valence-electron chi connectivity index (χ2n) is 6.37. The van der Waals surface area contributed by atoms with Gasteiger partial charge < -0.3 is 15.2 Å². The average Bonchev–Trinajstić information content (AvgIpc) is 2.77. The van der Waals surface area contributed by atoms with Gasteiger partial charge >= 0.3 is 11.9 Å². The third-order valence-corrected chi connectivity index (χ3v) is 4.06. The number of ether oxygens (including phenoxy) is 1. The Bertz CT molecular complexity index is 1100. The molecule has 3 aromatic rings. The summed E-state index contributed by atoms with van der Waals surface area (Å²) in [5, 5.41) is 11.0. The second-order valence-corrected chi connectivity index (χ2v) is 7.38. The number of carbonyl (C=O) groups is 3. The van der Waals surface area contributed by atoms with Crippen LogP contribution in [-0.2, 0) is 4.74 Å². The van der Waals surface area contributed by atoms with Gasteiger partial charge in [-0.05, 0) is 73.8 Å². The van der Waals surface area contributed by atoms with Gasteiger partial charge in [0.25, 0.3) is 5.91 Å². The lowest BCUT2D eigenvalue weighted by atomic mass is 10.3. The Hall–Kier alpha value is -3.48. The molecule has 0 spiro atoms. The van der Waals surface area contributed by atoms with E-state index in [1.165, 1.54) is 26.3 Å². The molecule has 0 fully saturated rings. The molecule has 2 N–H and O–H groups in total. The van der Waals surface area contributed by atoms with Crippen LogP contribution in [0.3, 0.4) is 0 Å².